The Morgan fingerprint density at radius 1 is 1.12 bits per heavy atom. The quantitative estimate of drug-likeness (QED) is 0.546. The standard InChI is InChI=1S/C16H13Cl2FN4O2/c17-12-6-5-11(7-13(12)18)22-16(25)20-9-15(24)23-21-8-10-3-1-2-4-14(10)19/h1-8H,9H2,(H,23,24)(H2,20,22,25)/b21-8-. The lowest BCUT2D eigenvalue weighted by atomic mass is 10.2. The lowest BCUT2D eigenvalue weighted by molar-refractivity contribution is -0.120. The summed E-state index contributed by atoms with van der Waals surface area (Å²) in [4.78, 5) is 23.3. The van der Waals surface area contributed by atoms with Gasteiger partial charge in [0.2, 0.25) is 0 Å². The van der Waals surface area contributed by atoms with E-state index in [-0.39, 0.29) is 12.1 Å². The highest BCUT2D eigenvalue weighted by atomic mass is 35.5. The minimum absolute atomic E-state index is 0.230. The molecule has 2 rings (SSSR count). The van der Waals surface area contributed by atoms with Crippen LogP contribution in [0, 0.1) is 5.82 Å². The molecule has 2 aromatic carbocycles. The number of nitrogens with one attached hydrogen (secondary N) is 3. The Bertz CT molecular complexity index is 814. The molecule has 6 nitrogen and oxygen atoms in total. The molecule has 0 unspecified atom stereocenters. The summed E-state index contributed by atoms with van der Waals surface area (Å²) in [5.74, 6) is -1.03. The SMILES string of the molecule is O=C(CNC(=O)Nc1ccc(Cl)c(Cl)c1)N/N=C\c1ccccc1F. The van der Waals surface area contributed by atoms with Gasteiger partial charge in [-0.15, -0.1) is 0 Å². The molecule has 0 spiro atoms. The number of halogens is 3. The van der Waals surface area contributed by atoms with Gasteiger partial charge in [0.15, 0.2) is 0 Å². The first-order chi connectivity index (χ1) is 12.0. The number of carbonyl (C=O) groups is 2. The fraction of sp³-hybridized carbons (Fsp3) is 0.0625. The summed E-state index contributed by atoms with van der Waals surface area (Å²) in [5, 5.41) is 9.10. The van der Waals surface area contributed by atoms with Crippen molar-refractivity contribution in [2.24, 2.45) is 5.10 Å². The van der Waals surface area contributed by atoms with Gasteiger partial charge < -0.3 is 10.6 Å². The zero-order valence-electron chi connectivity index (χ0n) is 12.7. The van der Waals surface area contributed by atoms with Crippen molar-refractivity contribution < 1.29 is 14.0 Å². The monoisotopic (exact) mass is 382 g/mol. The fourth-order valence-electron chi connectivity index (χ4n) is 1.70. The maximum Gasteiger partial charge on any atom is 0.319 e. The summed E-state index contributed by atoms with van der Waals surface area (Å²) in [6.45, 7) is -0.318. The summed E-state index contributed by atoms with van der Waals surface area (Å²) in [5.41, 5.74) is 2.83. The second-order valence-electron chi connectivity index (χ2n) is 4.75. The number of hydrogen-bond acceptors (Lipinski definition) is 3. The highest BCUT2D eigenvalue weighted by Gasteiger charge is 2.06. The van der Waals surface area contributed by atoms with Crippen molar-refractivity contribution in [3.8, 4) is 0 Å². The van der Waals surface area contributed by atoms with Crippen molar-refractivity contribution in [2.45, 2.75) is 0 Å². The zero-order valence-corrected chi connectivity index (χ0v) is 14.2. The van der Waals surface area contributed by atoms with Crippen LogP contribution >= 0.6 is 23.2 Å². The van der Waals surface area contributed by atoms with Crippen molar-refractivity contribution >= 4 is 47.0 Å². The summed E-state index contributed by atoms with van der Waals surface area (Å²) < 4.78 is 13.3. The molecule has 0 radical (unpaired) electrons. The first-order valence-electron chi connectivity index (χ1n) is 7.02. The summed E-state index contributed by atoms with van der Waals surface area (Å²) >= 11 is 11.6. The van der Waals surface area contributed by atoms with Crippen molar-refractivity contribution in [3.63, 3.8) is 0 Å². The number of urea groups is 1. The number of amides is 3. The maximum absolute atomic E-state index is 13.3. The van der Waals surface area contributed by atoms with Gasteiger partial charge in [-0.3, -0.25) is 4.79 Å². The molecule has 0 aliphatic rings. The normalized spacial score (nSPS) is 10.5. The van der Waals surface area contributed by atoms with Gasteiger partial charge in [0.1, 0.15) is 12.4 Å². The summed E-state index contributed by atoms with van der Waals surface area (Å²) in [6, 6.07) is 9.93. The molecule has 0 aliphatic heterocycles. The van der Waals surface area contributed by atoms with Gasteiger partial charge in [-0.2, -0.15) is 5.10 Å². The molecule has 2 aromatic rings. The minimum Gasteiger partial charge on any atom is -0.329 e. The van der Waals surface area contributed by atoms with E-state index in [1.54, 1.807) is 18.2 Å². The van der Waals surface area contributed by atoms with Crippen LogP contribution in [0.3, 0.4) is 0 Å². The van der Waals surface area contributed by atoms with Crippen LogP contribution in [-0.2, 0) is 4.79 Å². The molecular weight excluding hydrogens is 370 g/mol. The Morgan fingerprint density at radius 2 is 1.88 bits per heavy atom. The second-order valence-corrected chi connectivity index (χ2v) is 5.57. The van der Waals surface area contributed by atoms with Crippen LogP contribution in [0.4, 0.5) is 14.9 Å². The van der Waals surface area contributed by atoms with E-state index in [1.807, 2.05) is 0 Å². The average molecular weight is 383 g/mol. The Kier molecular flexibility index (Phi) is 6.73. The molecule has 25 heavy (non-hydrogen) atoms. The molecule has 0 atom stereocenters. The van der Waals surface area contributed by atoms with Gasteiger partial charge in [0, 0.05) is 11.3 Å². The third-order valence-corrected chi connectivity index (χ3v) is 3.62. The Hall–Kier alpha value is -2.64. The van der Waals surface area contributed by atoms with Crippen LogP contribution in [0.5, 0.6) is 0 Å². The molecule has 0 heterocycles. The van der Waals surface area contributed by atoms with Crippen LogP contribution in [-0.4, -0.2) is 24.7 Å². The summed E-state index contributed by atoms with van der Waals surface area (Å²) in [7, 11) is 0. The molecule has 0 aliphatic carbocycles. The number of nitrogens with zero attached hydrogens (tertiary/aromatic N) is 1. The van der Waals surface area contributed by atoms with Gasteiger partial charge in [-0.1, -0.05) is 41.4 Å². The Morgan fingerprint density at radius 3 is 2.60 bits per heavy atom. The fourth-order valence-corrected chi connectivity index (χ4v) is 2.00. The van der Waals surface area contributed by atoms with Crippen molar-refractivity contribution in [1.29, 1.82) is 0 Å². The van der Waals surface area contributed by atoms with Gasteiger partial charge in [-0.05, 0) is 24.3 Å². The van der Waals surface area contributed by atoms with Gasteiger partial charge in [-0.25, -0.2) is 14.6 Å². The minimum atomic E-state index is -0.605. The molecule has 0 saturated heterocycles. The topological polar surface area (TPSA) is 82.6 Å². The number of hydrogen-bond donors (Lipinski definition) is 3. The molecule has 130 valence electrons. The predicted molar refractivity (Wildman–Crippen MR) is 95.6 cm³/mol. The third kappa shape index (κ3) is 6.06. The molecule has 0 saturated carbocycles. The van der Waals surface area contributed by atoms with Crippen molar-refractivity contribution in [2.75, 3.05) is 11.9 Å². The van der Waals surface area contributed by atoms with E-state index in [0.717, 1.165) is 0 Å². The predicted octanol–water partition coefficient (Wildman–Crippen LogP) is 3.40. The Balaban J connectivity index is 1.76. The van der Waals surface area contributed by atoms with E-state index < -0.39 is 17.8 Å². The van der Waals surface area contributed by atoms with E-state index in [0.29, 0.717) is 15.7 Å². The number of benzene rings is 2. The maximum atomic E-state index is 13.3. The van der Waals surface area contributed by atoms with Crippen LogP contribution in [0.1, 0.15) is 5.56 Å². The molecule has 3 amide bonds. The largest absolute Gasteiger partial charge is 0.329 e. The van der Waals surface area contributed by atoms with Gasteiger partial charge in [0.05, 0.1) is 16.3 Å². The van der Waals surface area contributed by atoms with Crippen LogP contribution < -0.4 is 16.1 Å². The van der Waals surface area contributed by atoms with Crippen LogP contribution in [0.2, 0.25) is 10.0 Å². The second kappa shape index (κ2) is 9.00. The van der Waals surface area contributed by atoms with Gasteiger partial charge >= 0.3 is 6.03 Å². The first kappa shape index (κ1) is 18.7. The lowest BCUT2D eigenvalue weighted by Crippen LogP contribution is -2.37. The third-order valence-electron chi connectivity index (χ3n) is 2.89. The van der Waals surface area contributed by atoms with E-state index in [9.17, 15) is 14.0 Å². The zero-order chi connectivity index (χ0) is 18.2. The molecule has 0 bridgehead atoms. The van der Waals surface area contributed by atoms with E-state index in [2.05, 4.69) is 21.2 Å². The number of carbonyl (C=O) groups excluding carboxylic acids is 2. The number of hydrazone groups is 1. The highest BCUT2D eigenvalue weighted by molar-refractivity contribution is 6.42. The Labute approximate surface area is 153 Å². The first-order valence-corrected chi connectivity index (χ1v) is 7.77. The average Bonchev–Trinajstić information content (AvgIpc) is 2.58. The van der Waals surface area contributed by atoms with E-state index in [4.69, 9.17) is 23.2 Å². The van der Waals surface area contributed by atoms with Crippen LogP contribution in [0.15, 0.2) is 47.6 Å². The van der Waals surface area contributed by atoms with Crippen molar-refractivity contribution in [3.05, 3.63) is 63.9 Å². The van der Waals surface area contributed by atoms with Crippen LogP contribution in [0.25, 0.3) is 0 Å². The summed E-state index contributed by atoms with van der Waals surface area (Å²) in [6.07, 6.45) is 1.17. The smallest absolute Gasteiger partial charge is 0.319 e. The van der Waals surface area contributed by atoms with E-state index in [1.165, 1.54) is 30.5 Å². The molecule has 0 fully saturated rings. The van der Waals surface area contributed by atoms with Gasteiger partial charge in [0.25, 0.3) is 5.91 Å². The molecular formula is C16H13Cl2FN4O2. The lowest BCUT2D eigenvalue weighted by Gasteiger charge is -2.07. The van der Waals surface area contributed by atoms with E-state index >= 15 is 0 Å². The molecule has 9 heteroatoms. The van der Waals surface area contributed by atoms with Crippen molar-refractivity contribution in [1.82, 2.24) is 10.7 Å². The highest BCUT2D eigenvalue weighted by Crippen LogP contribution is 2.24. The molecule has 0 aromatic heterocycles. The number of rotatable bonds is 5. The molecule has 3 N–H and O–H groups in total. The number of anilines is 1.